The van der Waals surface area contributed by atoms with Gasteiger partial charge in [-0.15, -0.1) is 5.10 Å². The third kappa shape index (κ3) is 2.12. The number of rotatable bonds is 3. The van der Waals surface area contributed by atoms with Gasteiger partial charge in [0, 0.05) is 6.92 Å². The van der Waals surface area contributed by atoms with E-state index < -0.39 is 10.8 Å². The molecule has 0 saturated heterocycles. The average molecular weight is 268 g/mol. The van der Waals surface area contributed by atoms with E-state index in [1.165, 1.54) is 30.8 Å². The largest absolute Gasteiger partial charge is 0.433 e. The van der Waals surface area contributed by atoms with E-state index in [1.807, 2.05) is 0 Å². The van der Waals surface area contributed by atoms with Crippen molar-refractivity contribution in [1.29, 1.82) is 0 Å². The first-order chi connectivity index (χ1) is 8.52. The van der Waals surface area contributed by atoms with Gasteiger partial charge in [-0.2, -0.15) is 9.67 Å². The molecule has 0 saturated carbocycles. The van der Waals surface area contributed by atoms with Gasteiger partial charge in [-0.1, -0.05) is 11.8 Å². The second kappa shape index (κ2) is 4.61. The summed E-state index contributed by atoms with van der Waals surface area (Å²) >= 11 is 1.26. The van der Waals surface area contributed by atoms with E-state index in [-0.39, 0.29) is 17.5 Å². The SMILES string of the molecule is CSc1nc(-c2ccc([N+](=O)[O-])o2)n(C(C)=O)n1. The Morgan fingerprint density at radius 3 is 2.78 bits per heavy atom. The van der Waals surface area contributed by atoms with Crippen molar-refractivity contribution in [1.82, 2.24) is 14.8 Å². The molecule has 0 aliphatic carbocycles. The number of nitrogens with zero attached hydrogens (tertiary/aromatic N) is 4. The maximum absolute atomic E-state index is 11.4. The van der Waals surface area contributed by atoms with Crippen LogP contribution in [0.1, 0.15) is 11.7 Å². The van der Waals surface area contributed by atoms with Crippen LogP contribution in [-0.2, 0) is 0 Å². The van der Waals surface area contributed by atoms with Gasteiger partial charge in [0.1, 0.15) is 4.92 Å². The van der Waals surface area contributed by atoms with E-state index in [4.69, 9.17) is 4.42 Å². The van der Waals surface area contributed by atoms with Crippen molar-refractivity contribution in [3.8, 4) is 11.6 Å². The van der Waals surface area contributed by atoms with Crippen molar-refractivity contribution in [2.24, 2.45) is 0 Å². The Labute approximate surface area is 105 Å². The van der Waals surface area contributed by atoms with E-state index in [2.05, 4.69) is 10.1 Å². The molecule has 0 spiro atoms. The van der Waals surface area contributed by atoms with Crippen LogP contribution in [0.5, 0.6) is 0 Å². The zero-order valence-corrected chi connectivity index (χ0v) is 10.3. The third-order valence-electron chi connectivity index (χ3n) is 2.06. The molecule has 18 heavy (non-hydrogen) atoms. The molecule has 2 aromatic heterocycles. The average Bonchev–Trinajstić information content (AvgIpc) is 2.95. The molecule has 8 nitrogen and oxygen atoms in total. The summed E-state index contributed by atoms with van der Waals surface area (Å²) in [5, 5.41) is 14.9. The second-order valence-corrected chi connectivity index (χ2v) is 4.02. The number of carbonyl (C=O) groups excluding carboxylic acids is 1. The summed E-state index contributed by atoms with van der Waals surface area (Å²) in [5.74, 6) is -0.477. The summed E-state index contributed by atoms with van der Waals surface area (Å²) in [6.45, 7) is 1.32. The fourth-order valence-electron chi connectivity index (χ4n) is 1.30. The van der Waals surface area contributed by atoms with Gasteiger partial charge < -0.3 is 4.42 Å². The molecule has 0 radical (unpaired) electrons. The van der Waals surface area contributed by atoms with Gasteiger partial charge in [0.2, 0.25) is 16.9 Å². The highest BCUT2D eigenvalue weighted by atomic mass is 32.2. The Morgan fingerprint density at radius 1 is 1.56 bits per heavy atom. The standard InChI is InChI=1S/C9H8N4O4S/c1-5(14)12-8(10-9(11-12)18-2)6-3-4-7(17-6)13(15)16/h3-4H,1-2H3. The van der Waals surface area contributed by atoms with Crippen molar-refractivity contribution >= 4 is 23.6 Å². The number of furan rings is 1. The molecular formula is C9H8N4O4S. The molecular weight excluding hydrogens is 260 g/mol. The van der Waals surface area contributed by atoms with E-state index in [0.717, 1.165) is 4.68 Å². The second-order valence-electron chi connectivity index (χ2n) is 3.25. The number of nitro groups is 1. The van der Waals surface area contributed by atoms with Gasteiger partial charge in [0.15, 0.2) is 5.76 Å². The first-order valence-corrected chi connectivity index (χ1v) is 6.02. The Hall–Kier alpha value is -2.16. The van der Waals surface area contributed by atoms with Crippen LogP contribution < -0.4 is 0 Å². The smallest absolute Gasteiger partial charge is 0.397 e. The highest BCUT2D eigenvalue weighted by Gasteiger charge is 2.20. The molecule has 0 aromatic carbocycles. The van der Waals surface area contributed by atoms with Crippen LogP contribution in [0.2, 0.25) is 0 Å². The van der Waals surface area contributed by atoms with Gasteiger partial charge in [-0.3, -0.25) is 14.9 Å². The minimum atomic E-state index is -0.659. The van der Waals surface area contributed by atoms with Crippen molar-refractivity contribution in [3.63, 3.8) is 0 Å². The minimum absolute atomic E-state index is 0.129. The topological polar surface area (TPSA) is 104 Å². The molecule has 0 unspecified atom stereocenters. The fourth-order valence-corrected chi connectivity index (χ4v) is 1.65. The van der Waals surface area contributed by atoms with Crippen molar-refractivity contribution in [3.05, 3.63) is 22.2 Å². The molecule has 0 aliphatic rings. The zero-order chi connectivity index (χ0) is 13.3. The molecule has 2 aromatic rings. The summed E-state index contributed by atoms with van der Waals surface area (Å²) in [6.07, 6.45) is 1.76. The molecule has 0 atom stereocenters. The van der Waals surface area contributed by atoms with Crippen molar-refractivity contribution < 1.29 is 14.1 Å². The fraction of sp³-hybridized carbons (Fsp3) is 0.222. The number of hydrogen-bond acceptors (Lipinski definition) is 7. The Morgan fingerprint density at radius 2 is 2.28 bits per heavy atom. The van der Waals surface area contributed by atoms with Gasteiger partial charge in [0.05, 0.1) is 6.07 Å². The zero-order valence-electron chi connectivity index (χ0n) is 9.48. The molecule has 0 amide bonds. The normalized spacial score (nSPS) is 10.6. The number of aromatic nitrogens is 3. The lowest BCUT2D eigenvalue weighted by Crippen LogP contribution is -2.09. The van der Waals surface area contributed by atoms with Crippen LogP contribution in [0.3, 0.4) is 0 Å². The maximum Gasteiger partial charge on any atom is 0.433 e. The van der Waals surface area contributed by atoms with Gasteiger partial charge in [-0.05, 0) is 12.3 Å². The van der Waals surface area contributed by atoms with E-state index in [9.17, 15) is 14.9 Å². The molecule has 2 rings (SSSR count). The lowest BCUT2D eigenvalue weighted by atomic mass is 10.4. The lowest BCUT2D eigenvalue weighted by Gasteiger charge is -1.96. The molecule has 0 fully saturated rings. The first kappa shape index (κ1) is 12.3. The predicted molar refractivity (Wildman–Crippen MR) is 62.5 cm³/mol. The van der Waals surface area contributed by atoms with Crippen molar-refractivity contribution in [2.75, 3.05) is 6.26 Å². The van der Waals surface area contributed by atoms with Gasteiger partial charge >= 0.3 is 5.88 Å². The molecule has 0 N–H and O–H groups in total. The molecule has 94 valence electrons. The Balaban J connectivity index is 2.51. The van der Waals surface area contributed by atoms with Gasteiger partial charge in [-0.25, -0.2) is 0 Å². The molecule has 9 heteroatoms. The third-order valence-corrected chi connectivity index (χ3v) is 2.60. The van der Waals surface area contributed by atoms with Crippen LogP contribution in [0.4, 0.5) is 5.88 Å². The van der Waals surface area contributed by atoms with E-state index in [0.29, 0.717) is 5.16 Å². The van der Waals surface area contributed by atoms with E-state index in [1.54, 1.807) is 6.26 Å². The quantitative estimate of drug-likeness (QED) is 0.475. The molecule has 0 aliphatic heterocycles. The number of carbonyl (C=O) groups is 1. The minimum Gasteiger partial charge on any atom is -0.397 e. The summed E-state index contributed by atoms with van der Waals surface area (Å²) < 4.78 is 6.05. The van der Waals surface area contributed by atoms with Crippen LogP contribution in [0.15, 0.2) is 21.7 Å². The van der Waals surface area contributed by atoms with E-state index >= 15 is 0 Å². The van der Waals surface area contributed by atoms with Gasteiger partial charge in [0.25, 0.3) is 0 Å². The monoisotopic (exact) mass is 268 g/mol. The van der Waals surface area contributed by atoms with Crippen molar-refractivity contribution in [2.45, 2.75) is 12.1 Å². The van der Waals surface area contributed by atoms with Crippen LogP contribution in [-0.4, -0.2) is 31.9 Å². The van der Waals surface area contributed by atoms with Crippen LogP contribution in [0, 0.1) is 10.1 Å². The number of hydrogen-bond donors (Lipinski definition) is 0. The highest BCUT2D eigenvalue weighted by Crippen LogP contribution is 2.26. The van der Waals surface area contributed by atoms with Crippen LogP contribution in [0.25, 0.3) is 11.6 Å². The summed E-state index contributed by atoms with van der Waals surface area (Å²) in [4.78, 5) is 25.3. The molecule has 2 heterocycles. The predicted octanol–water partition coefficient (Wildman–Crippen LogP) is 1.83. The summed E-state index contributed by atoms with van der Waals surface area (Å²) in [6, 6.07) is 2.58. The Kier molecular flexibility index (Phi) is 3.15. The maximum atomic E-state index is 11.4. The Bertz CT molecular complexity index is 618. The molecule has 0 bridgehead atoms. The highest BCUT2D eigenvalue weighted by molar-refractivity contribution is 7.98. The number of thioether (sulfide) groups is 1. The summed E-state index contributed by atoms with van der Waals surface area (Å²) in [5.41, 5.74) is 0. The first-order valence-electron chi connectivity index (χ1n) is 4.79. The van der Waals surface area contributed by atoms with Crippen LogP contribution >= 0.6 is 11.8 Å². The summed E-state index contributed by atoms with van der Waals surface area (Å²) in [7, 11) is 0. The lowest BCUT2D eigenvalue weighted by molar-refractivity contribution is -0.401.